The van der Waals surface area contributed by atoms with E-state index in [2.05, 4.69) is 44.5 Å². The van der Waals surface area contributed by atoms with Crippen LogP contribution in [-0.2, 0) is 0 Å². The quantitative estimate of drug-likeness (QED) is 0.165. The van der Waals surface area contributed by atoms with Crippen molar-refractivity contribution in [1.29, 1.82) is 0 Å². The van der Waals surface area contributed by atoms with Crippen molar-refractivity contribution in [2.75, 3.05) is 12.4 Å². The number of carbonyl (C=O) groups excluding carboxylic acids is 1. The predicted molar refractivity (Wildman–Crippen MR) is 159 cm³/mol. The van der Waals surface area contributed by atoms with E-state index < -0.39 is 0 Å². The maximum Gasteiger partial charge on any atom is 0.271 e. The van der Waals surface area contributed by atoms with E-state index in [1.165, 1.54) is 16.9 Å². The van der Waals surface area contributed by atoms with Gasteiger partial charge < -0.3 is 14.6 Å². The van der Waals surface area contributed by atoms with Crippen molar-refractivity contribution in [2.45, 2.75) is 20.8 Å². The first-order valence-electron chi connectivity index (χ1n) is 12.5. The number of thiazole rings is 1. The summed E-state index contributed by atoms with van der Waals surface area (Å²) in [7, 11) is 1.65. The molecule has 0 radical (unpaired) electrons. The molecule has 2 heterocycles. The van der Waals surface area contributed by atoms with Gasteiger partial charge in [-0.1, -0.05) is 29.8 Å². The van der Waals surface area contributed by atoms with Crippen LogP contribution in [0.2, 0.25) is 0 Å². The first-order chi connectivity index (χ1) is 18.9. The minimum Gasteiger partial charge on any atom is -0.497 e. The van der Waals surface area contributed by atoms with Crippen molar-refractivity contribution < 1.29 is 9.53 Å². The summed E-state index contributed by atoms with van der Waals surface area (Å²) in [6, 6.07) is 25.5. The van der Waals surface area contributed by atoms with Gasteiger partial charge in [-0.2, -0.15) is 5.10 Å². The number of hydrogen-bond donors (Lipinski definition) is 2. The van der Waals surface area contributed by atoms with Crippen LogP contribution in [-0.4, -0.2) is 28.8 Å². The lowest BCUT2D eigenvalue weighted by atomic mass is 10.1. The van der Waals surface area contributed by atoms with E-state index in [9.17, 15) is 4.79 Å². The maximum atomic E-state index is 12.7. The Morgan fingerprint density at radius 1 is 0.974 bits per heavy atom. The van der Waals surface area contributed by atoms with Gasteiger partial charge in [0.15, 0.2) is 5.13 Å². The molecule has 196 valence electrons. The molecule has 2 N–H and O–H groups in total. The molecule has 0 aliphatic carbocycles. The summed E-state index contributed by atoms with van der Waals surface area (Å²) in [5.41, 5.74) is 11.2. The topological polar surface area (TPSA) is 80.5 Å². The van der Waals surface area contributed by atoms with Crippen LogP contribution in [0.5, 0.6) is 5.75 Å². The number of nitrogens with one attached hydrogen (secondary N) is 2. The number of benzene rings is 3. The highest BCUT2D eigenvalue weighted by molar-refractivity contribution is 7.14. The van der Waals surface area contributed by atoms with Crippen LogP contribution in [0.25, 0.3) is 16.9 Å². The highest BCUT2D eigenvalue weighted by atomic mass is 32.1. The standard InChI is InChI=1S/C31H29N5O2S/c1-20-5-11-26(12-6-20)33-31-34-29(19-39-31)23-7-9-24(10-8-23)30(37)35-32-18-25-17-21(2)36(22(25)3)27-13-15-28(38-4)16-14-27/h5-19H,1-4H3,(H,33,34)(H,35,37)/b32-18-. The minimum absolute atomic E-state index is 0.276. The largest absolute Gasteiger partial charge is 0.497 e. The van der Waals surface area contributed by atoms with E-state index in [0.717, 1.165) is 50.5 Å². The first-order valence-corrected chi connectivity index (χ1v) is 13.4. The summed E-state index contributed by atoms with van der Waals surface area (Å²) in [5, 5.41) is 10.4. The van der Waals surface area contributed by atoms with Crippen molar-refractivity contribution >= 4 is 34.3 Å². The van der Waals surface area contributed by atoms with Crippen LogP contribution >= 0.6 is 11.3 Å². The maximum absolute atomic E-state index is 12.7. The van der Waals surface area contributed by atoms with E-state index in [1.807, 2.05) is 73.8 Å². The second kappa shape index (κ2) is 11.4. The molecule has 0 atom stereocenters. The van der Waals surface area contributed by atoms with E-state index in [-0.39, 0.29) is 5.91 Å². The van der Waals surface area contributed by atoms with Crippen LogP contribution in [0, 0.1) is 20.8 Å². The average Bonchev–Trinajstić information content (AvgIpc) is 3.53. The summed E-state index contributed by atoms with van der Waals surface area (Å²) in [6.07, 6.45) is 1.67. The minimum atomic E-state index is -0.276. The molecule has 2 aromatic heterocycles. The number of carbonyl (C=O) groups is 1. The second-order valence-corrected chi connectivity index (χ2v) is 10.0. The number of rotatable bonds is 8. The zero-order valence-electron chi connectivity index (χ0n) is 22.2. The molecular weight excluding hydrogens is 506 g/mol. The molecule has 5 aromatic rings. The summed E-state index contributed by atoms with van der Waals surface area (Å²) >= 11 is 1.54. The number of methoxy groups -OCH3 is 1. The molecular formula is C31H29N5O2S. The third-order valence-electron chi connectivity index (χ3n) is 6.42. The Morgan fingerprint density at radius 2 is 1.69 bits per heavy atom. The fourth-order valence-corrected chi connectivity index (χ4v) is 5.03. The van der Waals surface area contributed by atoms with Gasteiger partial charge in [0.1, 0.15) is 5.75 Å². The molecule has 7 nitrogen and oxygen atoms in total. The number of ether oxygens (including phenoxy) is 1. The van der Waals surface area contributed by atoms with Crippen molar-refractivity contribution in [2.24, 2.45) is 5.10 Å². The normalized spacial score (nSPS) is 11.1. The average molecular weight is 536 g/mol. The second-order valence-electron chi connectivity index (χ2n) is 9.17. The molecule has 0 unspecified atom stereocenters. The summed E-state index contributed by atoms with van der Waals surface area (Å²) in [6.45, 7) is 6.13. The fourth-order valence-electron chi connectivity index (χ4n) is 4.29. The molecule has 5 rings (SSSR count). The molecule has 1 amide bonds. The zero-order chi connectivity index (χ0) is 27.4. The lowest BCUT2D eigenvalue weighted by Crippen LogP contribution is -2.17. The number of aromatic nitrogens is 2. The Labute approximate surface area is 231 Å². The molecule has 0 aliphatic heterocycles. The third kappa shape index (κ3) is 5.91. The Morgan fingerprint density at radius 3 is 2.38 bits per heavy atom. The van der Waals surface area contributed by atoms with Crippen LogP contribution in [0.4, 0.5) is 10.8 Å². The highest BCUT2D eigenvalue weighted by Crippen LogP contribution is 2.27. The third-order valence-corrected chi connectivity index (χ3v) is 7.18. The summed E-state index contributed by atoms with van der Waals surface area (Å²) in [4.78, 5) is 17.4. The Hall–Kier alpha value is -4.69. The van der Waals surface area contributed by atoms with Crippen LogP contribution in [0.3, 0.4) is 0 Å². The number of aryl methyl sites for hydroxylation is 2. The van der Waals surface area contributed by atoms with Gasteiger partial charge in [0.25, 0.3) is 5.91 Å². The highest BCUT2D eigenvalue weighted by Gasteiger charge is 2.11. The number of nitrogens with zero attached hydrogens (tertiary/aromatic N) is 3. The molecule has 3 aromatic carbocycles. The van der Waals surface area contributed by atoms with Crippen molar-refractivity contribution in [1.82, 2.24) is 15.0 Å². The zero-order valence-corrected chi connectivity index (χ0v) is 23.0. The van der Waals surface area contributed by atoms with Crippen LogP contribution in [0.1, 0.15) is 32.9 Å². The first kappa shape index (κ1) is 25.9. The Balaban J connectivity index is 1.22. The van der Waals surface area contributed by atoms with Gasteiger partial charge in [-0.25, -0.2) is 10.4 Å². The molecule has 0 aliphatic rings. The lowest BCUT2D eigenvalue weighted by Gasteiger charge is -2.10. The molecule has 0 saturated heterocycles. The van der Waals surface area contributed by atoms with E-state index in [4.69, 9.17) is 4.74 Å². The summed E-state index contributed by atoms with van der Waals surface area (Å²) in [5.74, 6) is 0.534. The monoisotopic (exact) mass is 535 g/mol. The van der Waals surface area contributed by atoms with Gasteiger partial charge in [-0.05, 0) is 75.4 Å². The fraction of sp³-hybridized carbons (Fsp3) is 0.129. The van der Waals surface area contributed by atoms with Gasteiger partial charge in [-0.3, -0.25) is 4.79 Å². The Kier molecular flexibility index (Phi) is 7.56. The van der Waals surface area contributed by atoms with Gasteiger partial charge in [0, 0.05) is 44.8 Å². The molecule has 0 fully saturated rings. The van der Waals surface area contributed by atoms with Gasteiger partial charge in [-0.15, -0.1) is 11.3 Å². The number of anilines is 2. The van der Waals surface area contributed by atoms with Gasteiger partial charge in [0.2, 0.25) is 0 Å². The molecule has 39 heavy (non-hydrogen) atoms. The van der Waals surface area contributed by atoms with E-state index in [1.54, 1.807) is 25.5 Å². The van der Waals surface area contributed by atoms with E-state index in [0.29, 0.717) is 5.56 Å². The number of amides is 1. The number of hydrogen-bond acceptors (Lipinski definition) is 6. The van der Waals surface area contributed by atoms with Crippen LogP contribution in [0.15, 0.2) is 89.3 Å². The summed E-state index contributed by atoms with van der Waals surface area (Å²) < 4.78 is 7.40. The molecule has 0 saturated carbocycles. The lowest BCUT2D eigenvalue weighted by molar-refractivity contribution is 0.0955. The number of hydrazone groups is 1. The van der Waals surface area contributed by atoms with Crippen molar-refractivity contribution in [3.05, 3.63) is 112 Å². The molecule has 0 bridgehead atoms. The SMILES string of the molecule is COc1ccc(-n2c(C)cc(/C=N\NC(=O)c3ccc(-c4csc(Nc5ccc(C)cc5)n4)cc3)c2C)cc1. The molecule has 0 spiro atoms. The predicted octanol–water partition coefficient (Wildman–Crippen LogP) is 7.04. The van der Waals surface area contributed by atoms with Gasteiger partial charge >= 0.3 is 0 Å². The van der Waals surface area contributed by atoms with Crippen LogP contribution < -0.4 is 15.5 Å². The van der Waals surface area contributed by atoms with Crippen molar-refractivity contribution in [3.63, 3.8) is 0 Å². The van der Waals surface area contributed by atoms with Gasteiger partial charge in [0.05, 0.1) is 19.0 Å². The van der Waals surface area contributed by atoms with Crippen molar-refractivity contribution in [3.8, 4) is 22.7 Å². The van der Waals surface area contributed by atoms with E-state index >= 15 is 0 Å². The molecule has 8 heteroatoms. The Bertz CT molecular complexity index is 1620. The smallest absolute Gasteiger partial charge is 0.271 e.